The van der Waals surface area contributed by atoms with Gasteiger partial charge in [0, 0.05) is 6.92 Å². The predicted molar refractivity (Wildman–Crippen MR) is 45.6 cm³/mol. The number of aryl methyl sites for hydroxylation is 1. The zero-order valence-corrected chi connectivity index (χ0v) is 7.70. The van der Waals surface area contributed by atoms with Crippen molar-refractivity contribution in [1.29, 1.82) is 0 Å². The number of rotatable bonds is 1. The van der Waals surface area contributed by atoms with Gasteiger partial charge in [0.15, 0.2) is 5.82 Å². The molecule has 0 amide bonds. The van der Waals surface area contributed by atoms with Crippen molar-refractivity contribution in [3.8, 4) is 0 Å². The fourth-order valence-corrected chi connectivity index (χ4v) is 1.04. The molecule has 0 spiro atoms. The Bertz CT molecular complexity index is 391. The van der Waals surface area contributed by atoms with Gasteiger partial charge >= 0.3 is 11.7 Å². The average molecular weight is 180 g/mol. The highest BCUT2D eigenvalue weighted by Gasteiger charge is 2.28. The minimum atomic E-state index is 0.440. The standard InChI is InChI=1S/C7H9N5O/c1-4-8-7(13-11-4)6-10-9-5(2)12(6)3/h1-3H3/p+1. The van der Waals surface area contributed by atoms with Crippen LogP contribution in [0.5, 0.6) is 0 Å². The molecule has 1 aliphatic rings. The van der Waals surface area contributed by atoms with Crippen molar-refractivity contribution in [2.75, 3.05) is 7.05 Å². The van der Waals surface area contributed by atoms with Gasteiger partial charge in [-0.2, -0.15) is 4.98 Å². The van der Waals surface area contributed by atoms with Gasteiger partial charge < -0.3 is 4.52 Å². The molecule has 2 rings (SSSR count). The van der Waals surface area contributed by atoms with Gasteiger partial charge in [0.2, 0.25) is 5.84 Å². The second-order valence-electron chi connectivity index (χ2n) is 2.91. The van der Waals surface area contributed by atoms with Crippen LogP contribution in [0.15, 0.2) is 14.7 Å². The molecule has 0 radical (unpaired) electrons. The van der Waals surface area contributed by atoms with Crippen LogP contribution in [0.25, 0.3) is 0 Å². The Morgan fingerprint density at radius 3 is 2.46 bits per heavy atom. The summed E-state index contributed by atoms with van der Waals surface area (Å²) in [5, 5.41) is 11.6. The molecule has 0 saturated carbocycles. The molecule has 0 saturated heterocycles. The van der Waals surface area contributed by atoms with Crippen molar-refractivity contribution in [2.45, 2.75) is 13.8 Å². The van der Waals surface area contributed by atoms with Gasteiger partial charge in [0.1, 0.15) is 0 Å². The van der Waals surface area contributed by atoms with Crippen LogP contribution >= 0.6 is 0 Å². The topological polar surface area (TPSA) is 68.1 Å². The molecular formula is C7H10N5O+. The first-order valence-electron chi connectivity index (χ1n) is 3.95. The zero-order chi connectivity index (χ0) is 9.42. The molecule has 0 fully saturated rings. The highest BCUT2D eigenvalue weighted by atomic mass is 16.5. The van der Waals surface area contributed by atoms with Crippen LogP contribution in [0.4, 0.5) is 0 Å². The van der Waals surface area contributed by atoms with Crippen LogP contribution in [0.3, 0.4) is 0 Å². The van der Waals surface area contributed by atoms with Crippen LogP contribution in [-0.2, 0) is 0 Å². The number of amidine groups is 2. The lowest BCUT2D eigenvalue weighted by Gasteiger charge is -2.02. The Hall–Kier alpha value is -1.56. The molecule has 1 unspecified atom stereocenters. The van der Waals surface area contributed by atoms with E-state index in [0.717, 1.165) is 10.7 Å². The third kappa shape index (κ3) is 1.25. The SMILES string of the molecule is CC1=NN=C(c2nc(C)no2)[NH+]1C. The largest absolute Gasteiger partial charge is 0.334 e. The minimum Gasteiger partial charge on any atom is -0.326 e. The predicted octanol–water partition coefficient (Wildman–Crippen LogP) is -1.01. The molecule has 0 aliphatic carbocycles. The van der Waals surface area contributed by atoms with Crippen molar-refractivity contribution in [3.05, 3.63) is 11.7 Å². The number of nitrogens with one attached hydrogen (secondary N) is 1. The summed E-state index contributed by atoms with van der Waals surface area (Å²) in [5.74, 6) is 2.62. The first kappa shape index (κ1) is 8.06. The van der Waals surface area contributed by atoms with Crippen LogP contribution in [-0.4, -0.2) is 28.9 Å². The summed E-state index contributed by atoms with van der Waals surface area (Å²) in [5.41, 5.74) is 0. The molecule has 1 N–H and O–H groups in total. The molecule has 13 heavy (non-hydrogen) atoms. The Kier molecular flexibility index (Phi) is 1.70. The number of hydrogen-bond donors (Lipinski definition) is 1. The average Bonchev–Trinajstić information content (AvgIpc) is 2.62. The summed E-state index contributed by atoms with van der Waals surface area (Å²) in [7, 11) is 1.93. The minimum absolute atomic E-state index is 0.440. The molecule has 0 bridgehead atoms. The molecule has 2 heterocycles. The van der Waals surface area contributed by atoms with Gasteiger partial charge in [-0.05, 0) is 6.92 Å². The van der Waals surface area contributed by atoms with E-state index >= 15 is 0 Å². The second kappa shape index (κ2) is 2.74. The van der Waals surface area contributed by atoms with Crippen LogP contribution in [0.2, 0.25) is 0 Å². The van der Waals surface area contributed by atoms with E-state index in [-0.39, 0.29) is 0 Å². The van der Waals surface area contributed by atoms with Gasteiger partial charge in [-0.3, -0.25) is 0 Å². The van der Waals surface area contributed by atoms with Gasteiger partial charge in [-0.1, -0.05) is 15.4 Å². The number of hydrogen-bond acceptors (Lipinski definition) is 5. The highest BCUT2D eigenvalue weighted by molar-refractivity contribution is 5.96. The normalized spacial score (nSPS) is 21.6. The molecular weight excluding hydrogens is 170 g/mol. The smallest absolute Gasteiger partial charge is 0.326 e. The highest BCUT2D eigenvalue weighted by Crippen LogP contribution is 1.97. The fraction of sp³-hybridized carbons (Fsp3) is 0.429. The number of quaternary nitrogens is 1. The van der Waals surface area contributed by atoms with E-state index in [2.05, 4.69) is 20.3 Å². The van der Waals surface area contributed by atoms with Crippen molar-refractivity contribution < 1.29 is 9.42 Å². The van der Waals surface area contributed by atoms with E-state index in [1.54, 1.807) is 6.92 Å². The van der Waals surface area contributed by atoms with E-state index < -0.39 is 0 Å². The molecule has 1 aromatic rings. The summed E-state index contributed by atoms with van der Waals surface area (Å²) in [6.07, 6.45) is 0. The summed E-state index contributed by atoms with van der Waals surface area (Å²) >= 11 is 0. The Balaban J connectivity index is 2.31. The van der Waals surface area contributed by atoms with Crippen molar-refractivity contribution in [1.82, 2.24) is 10.1 Å². The first-order chi connectivity index (χ1) is 6.18. The second-order valence-corrected chi connectivity index (χ2v) is 2.91. The van der Waals surface area contributed by atoms with Crippen molar-refractivity contribution in [2.24, 2.45) is 10.2 Å². The third-order valence-corrected chi connectivity index (χ3v) is 1.93. The third-order valence-electron chi connectivity index (χ3n) is 1.93. The van der Waals surface area contributed by atoms with Crippen LogP contribution < -0.4 is 4.90 Å². The molecule has 0 aromatic carbocycles. The lowest BCUT2D eigenvalue weighted by molar-refractivity contribution is -0.672. The quantitative estimate of drug-likeness (QED) is 0.602. The summed E-state index contributed by atoms with van der Waals surface area (Å²) in [4.78, 5) is 5.06. The first-order valence-corrected chi connectivity index (χ1v) is 3.95. The monoisotopic (exact) mass is 180 g/mol. The van der Waals surface area contributed by atoms with Gasteiger partial charge in [0.05, 0.1) is 7.05 Å². The zero-order valence-electron chi connectivity index (χ0n) is 7.70. The maximum Gasteiger partial charge on any atom is 0.334 e. The molecule has 6 heteroatoms. The van der Waals surface area contributed by atoms with Gasteiger partial charge in [0.25, 0.3) is 0 Å². The fourth-order valence-electron chi connectivity index (χ4n) is 1.04. The molecule has 1 atom stereocenters. The maximum absolute atomic E-state index is 4.98. The van der Waals surface area contributed by atoms with E-state index in [0.29, 0.717) is 17.6 Å². The Morgan fingerprint density at radius 1 is 1.23 bits per heavy atom. The molecule has 1 aliphatic heterocycles. The van der Waals surface area contributed by atoms with E-state index in [4.69, 9.17) is 4.52 Å². The van der Waals surface area contributed by atoms with Gasteiger partial charge in [-0.25, -0.2) is 4.90 Å². The molecule has 6 nitrogen and oxygen atoms in total. The lowest BCUT2D eigenvalue weighted by atomic mass is 10.5. The summed E-state index contributed by atoms with van der Waals surface area (Å²) in [6, 6.07) is 0. The van der Waals surface area contributed by atoms with Crippen molar-refractivity contribution in [3.63, 3.8) is 0 Å². The molecule has 68 valence electrons. The summed E-state index contributed by atoms with van der Waals surface area (Å²) < 4.78 is 4.98. The molecule has 1 aromatic heterocycles. The van der Waals surface area contributed by atoms with E-state index in [1.165, 1.54) is 0 Å². The van der Waals surface area contributed by atoms with E-state index in [1.807, 2.05) is 14.0 Å². The number of nitrogens with zero attached hydrogens (tertiary/aromatic N) is 4. The summed E-state index contributed by atoms with van der Waals surface area (Å²) in [6.45, 7) is 3.67. The lowest BCUT2D eigenvalue weighted by Crippen LogP contribution is -3.12. The van der Waals surface area contributed by atoms with Crippen molar-refractivity contribution >= 4 is 11.7 Å². The van der Waals surface area contributed by atoms with Crippen LogP contribution in [0, 0.1) is 6.92 Å². The van der Waals surface area contributed by atoms with Crippen LogP contribution in [0.1, 0.15) is 18.6 Å². The maximum atomic E-state index is 4.98. The van der Waals surface area contributed by atoms with Gasteiger partial charge in [-0.15, -0.1) is 0 Å². The Morgan fingerprint density at radius 2 is 2.00 bits per heavy atom. The Labute approximate surface area is 75.0 Å². The number of aromatic nitrogens is 2. The van der Waals surface area contributed by atoms with E-state index in [9.17, 15) is 0 Å².